The molecule has 0 saturated heterocycles. The van der Waals surface area contributed by atoms with E-state index in [9.17, 15) is 0 Å². The lowest BCUT2D eigenvalue weighted by Gasteiger charge is -2.27. The standard InChI is InChI=1S/C45H28N2O2/c1-3-10-29(11-4-1)30-20-22-34(23-21-30)47(35-24-25-37-33(26-35)19-18-31-12-7-8-15-36(31)37)40-16-9-17-41-44(40)38-27-39-43(28-42(38)48-41)49-45(46-39)32-13-5-2-6-14-32/h1-28H. The fourth-order valence-corrected chi connectivity index (χ4v) is 7.12. The molecular weight excluding hydrogens is 601 g/mol. The number of benzene rings is 8. The predicted molar refractivity (Wildman–Crippen MR) is 202 cm³/mol. The summed E-state index contributed by atoms with van der Waals surface area (Å²) in [5, 5.41) is 6.91. The molecule has 2 aromatic heterocycles. The molecule has 230 valence electrons. The summed E-state index contributed by atoms with van der Waals surface area (Å²) >= 11 is 0. The van der Waals surface area contributed by atoms with Gasteiger partial charge >= 0.3 is 0 Å². The first-order valence-electron chi connectivity index (χ1n) is 16.5. The normalized spacial score (nSPS) is 11.7. The monoisotopic (exact) mass is 628 g/mol. The highest BCUT2D eigenvalue weighted by Gasteiger charge is 2.21. The minimum Gasteiger partial charge on any atom is -0.456 e. The number of anilines is 3. The van der Waals surface area contributed by atoms with E-state index in [1.54, 1.807) is 0 Å². The molecule has 0 aliphatic rings. The molecule has 2 heterocycles. The first kappa shape index (κ1) is 27.5. The molecule has 0 N–H and O–H groups in total. The molecule has 4 heteroatoms. The van der Waals surface area contributed by atoms with Crippen LogP contribution in [0.4, 0.5) is 17.1 Å². The Kier molecular flexibility index (Phi) is 6.15. The number of rotatable bonds is 5. The lowest BCUT2D eigenvalue weighted by atomic mass is 10.0. The fourth-order valence-electron chi connectivity index (χ4n) is 7.12. The van der Waals surface area contributed by atoms with E-state index in [1.165, 1.54) is 32.7 Å². The van der Waals surface area contributed by atoms with E-state index >= 15 is 0 Å². The third kappa shape index (κ3) is 4.57. The average molecular weight is 629 g/mol. The van der Waals surface area contributed by atoms with Crippen molar-refractivity contribution < 1.29 is 8.83 Å². The molecule has 0 atom stereocenters. The van der Waals surface area contributed by atoms with Crippen LogP contribution < -0.4 is 4.90 Å². The zero-order valence-corrected chi connectivity index (χ0v) is 26.4. The minimum atomic E-state index is 0.594. The molecule has 0 saturated carbocycles. The third-order valence-electron chi connectivity index (χ3n) is 9.46. The van der Waals surface area contributed by atoms with Gasteiger partial charge in [0.25, 0.3) is 0 Å². The Labute approximate surface area is 282 Å². The molecule has 8 aromatic carbocycles. The molecule has 10 aromatic rings. The van der Waals surface area contributed by atoms with Crippen molar-refractivity contribution in [2.75, 3.05) is 4.90 Å². The van der Waals surface area contributed by atoms with Gasteiger partial charge in [0.1, 0.15) is 16.7 Å². The summed E-state index contributed by atoms with van der Waals surface area (Å²) in [4.78, 5) is 7.22. The van der Waals surface area contributed by atoms with Crippen molar-refractivity contribution in [3.63, 3.8) is 0 Å². The van der Waals surface area contributed by atoms with Crippen LogP contribution in [0.1, 0.15) is 0 Å². The Balaban J connectivity index is 1.19. The Hall–Kier alpha value is -6.65. The summed E-state index contributed by atoms with van der Waals surface area (Å²) < 4.78 is 12.7. The maximum absolute atomic E-state index is 6.52. The van der Waals surface area contributed by atoms with Crippen molar-refractivity contribution in [3.05, 3.63) is 170 Å². The zero-order valence-electron chi connectivity index (χ0n) is 26.4. The van der Waals surface area contributed by atoms with Crippen molar-refractivity contribution >= 4 is 71.6 Å². The second-order valence-corrected chi connectivity index (χ2v) is 12.4. The fraction of sp³-hybridized carbons (Fsp3) is 0. The molecule has 0 fully saturated rings. The van der Waals surface area contributed by atoms with Gasteiger partial charge in [-0.2, -0.15) is 0 Å². The molecule has 0 aliphatic carbocycles. The Morgan fingerprint density at radius 1 is 0.408 bits per heavy atom. The molecule has 0 aliphatic heterocycles. The van der Waals surface area contributed by atoms with Gasteiger partial charge in [-0.1, -0.05) is 109 Å². The van der Waals surface area contributed by atoms with Crippen LogP contribution in [0.15, 0.2) is 179 Å². The van der Waals surface area contributed by atoms with Crippen molar-refractivity contribution in [1.29, 1.82) is 0 Å². The summed E-state index contributed by atoms with van der Waals surface area (Å²) in [6, 6.07) is 59.4. The Morgan fingerprint density at radius 2 is 1.10 bits per heavy atom. The van der Waals surface area contributed by atoms with E-state index in [4.69, 9.17) is 13.8 Å². The van der Waals surface area contributed by atoms with Crippen molar-refractivity contribution in [2.24, 2.45) is 0 Å². The summed E-state index contributed by atoms with van der Waals surface area (Å²) in [6.07, 6.45) is 0. The van der Waals surface area contributed by atoms with Crippen LogP contribution in [0.25, 0.3) is 77.2 Å². The molecule has 0 radical (unpaired) electrons. The summed E-state index contributed by atoms with van der Waals surface area (Å²) in [5.41, 5.74) is 9.49. The SMILES string of the molecule is c1ccc(-c2ccc(N(c3ccc4c(ccc5ccccc54)c3)c3cccc4oc5cc6oc(-c7ccccc7)nc6cc5c34)cc2)cc1. The van der Waals surface area contributed by atoms with Crippen LogP contribution in [-0.4, -0.2) is 4.98 Å². The zero-order chi connectivity index (χ0) is 32.3. The number of furan rings is 1. The highest BCUT2D eigenvalue weighted by Crippen LogP contribution is 2.45. The molecular formula is C45H28N2O2. The van der Waals surface area contributed by atoms with Crippen molar-refractivity contribution in [2.45, 2.75) is 0 Å². The summed E-state index contributed by atoms with van der Waals surface area (Å²) in [7, 11) is 0. The number of aromatic nitrogens is 1. The molecule has 0 spiro atoms. The number of nitrogens with zero attached hydrogens (tertiary/aromatic N) is 2. The second kappa shape index (κ2) is 11.0. The molecule has 49 heavy (non-hydrogen) atoms. The van der Waals surface area contributed by atoms with E-state index in [0.29, 0.717) is 11.5 Å². The summed E-state index contributed by atoms with van der Waals surface area (Å²) in [5.74, 6) is 0.594. The van der Waals surface area contributed by atoms with E-state index in [-0.39, 0.29) is 0 Å². The van der Waals surface area contributed by atoms with Crippen LogP contribution in [-0.2, 0) is 0 Å². The third-order valence-corrected chi connectivity index (χ3v) is 9.46. The van der Waals surface area contributed by atoms with Gasteiger partial charge in [0.15, 0.2) is 5.58 Å². The second-order valence-electron chi connectivity index (χ2n) is 12.4. The topological polar surface area (TPSA) is 42.4 Å². The van der Waals surface area contributed by atoms with Crippen LogP contribution in [0.5, 0.6) is 0 Å². The number of hydrogen-bond donors (Lipinski definition) is 0. The van der Waals surface area contributed by atoms with Gasteiger partial charge < -0.3 is 13.7 Å². The van der Waals surface area contributed by atoms with Gasteiger partial charge in [0, 0.05) is 28.4 Å². The van der Waals surface area contributed by atoms with Gasteiger partial charge in [-0.25, -0.2) is 4.98 Å². The van der Waals surface area contributed by atoms with Gasteiger partial charge in [0.2, 0.25) is 5.89 Å². The largest absolute Gasteiger partial charge is 0.456 e. The van der Waals surface area contributed by atoms with Gasteiger partial charge in [-0.3, -0.25) is 0 Å². The maximum Gasteiger partial charge on any atom is 0.227 e. The van der Waals surface area contributed by atoms with Crippen LogP contribution in [0.3, 0.4) is 0 Å². The number of hydrogen-bond acceptors (Lipinski definition) is 4. The number of oxazole rings is 1. The van der Waals surface area contributed by atoms with Gasteiger partial charge in [-0.15, -0.1) is 0 Å². The predicted octanol–water partition coefficient (Wildman–Crippen LogP) is 12.8. The minimum absolute atomic E-state index is 0.594. The molecule has 0 bridgehead atoms. The lowest BCUT2D eigenvalue weighted by molar-refractivity contribution is 0.617. The molecule has 0 unspecified atom stereocenters. The number of fused-ring (bicyclic) bond motifs is 7. The van der Waals surface area contributed by atoms with Crippen LogP contribution in [0.2, 0.25) is 0 Å². The maximum atomic E-state index is 6.52. The van der Waals surface area contributed by atoms with Gasteiger partial charge in [0.05, 0.1) is 11.1 Å². The molecule has 4 nitrogen and oxygen atoms in total. The molecule has 0 amide bonds. The van der Waals surface area contributed by atoms with Crippen molar-refractivity contribution in [1.82, 2.24) is 4.98 Å². The Bertz CT molecular complexity index is 2820. The van der Waals surface area contributed by atoms with Crippen LogP contribution in [0, 0.1) is 0 Å². The first-order valence-corrected chi connectivity index (χ1v) is 16.5. The lowest BCUT2D eigenvalue weighted by Crippen LogP contribution is -2.10. The van der Waals surface area contributed by atoms with E-state index < -0.39 is 0 Å². The van der Waals surface area contributed by atoms with E-state index in [1.807, 2.05) is 48.5 Å². The molecule has 10 rings (SSSR count). The van der Waals surface area contributed by atoms with E-state index in [0.717, 1.165) is 50.1 Å². The van der Waals surface area contributed by atoms with Crippen LogP contribution >= 0.6 is 0 Å². The van der Waals surface area contributed by atoms with Crippen molar-refractivity contribution in [3.8, 4) is 22.6 Å². The highest BCUT2D eigenvalue weighted by atomic mass is 16.4. The van der Waals surface area contributed by atoms with Gasteiger partial charge in [-0.05, 0) is 87.3 Å². The van der Waals surface area contributed by atoms with E-state index in [2.05, 4.69) is 126 Å². The average Bonchev–Trinajstić information content (AvgIpc) is 3.76. The smallest absolute Gasteiger partial charge is 0.227 e. The highest BCUT2D eigenvalue weighted by molar-refractivity contribution is 6.16. The Morgan fingerprint density at radius 3 is 1.94 bits per heavy atom. The first-order chi connectivity index (χ1) is 24.3. The summed E-state index contributed by atoms with van der Waals surface area (Å²) in [6.45, 7) is 0. The quantitative estimate of drug-likeness (QED) is 0.178.